The number of hydrogen-bond acceptors (Lipinski definition) is 4. The SMILES string of the molecule is O=C([O-])C(F)(OC(F)(F)C(F)(OC(F)(F)C(F)(F)C(F)(F)F)C(F)(F)F)C(F)(F)F.[K+]. The van der Waals surface area contributed by atoms with Gasteiger partial charge in [0.1, 0.15) is 5.97 Å². The van der Waals surface area contributed by atoms with E-state index in [2.05, 4.69) is 0 Å². The van der Waals surface area contributed by atoms with Crippen molar-refractivity contribution >= 4 is 5.97 Å². The third-order valence-electron chi connectivity index (χ3n) is 2.63. The van der Waals surface area contributed by atoms with Crippen molar-refractivity contribution in [2.45, 2.75) is 48.4 Å². The Kier molecular flexibility index (Phi) is 9.46. The molecule has 4 nitrogen and oxygen atoms in total. The first-order chi connectivity index (χ1) is 12.6. The molecule has 0 rings (SSSR count). The van der Waals surface area contributed by atoms with Crippen LogP contribution >= 0.6 is 0 Å². The van der Waals surface area contributed by atoms with Gasteiger partial charge in [0.05, 0.1) is 0 Å². The van der Waals surface area contributed by atoms with E-state index in [1.807, 2.05) is 0 Å². The largest absolute Gasteiger partial charge is 1.00 e. The van der Waals surface area contributed by atoms with Gasteiger partial charge in [0.2, 0.25) is 0 Å². The van der Waals surface area contributed by atoms with Crippen molar-refractivity contribution in [2.24, 2.45) is 0 Å². The van der Waals surface area contributed by atoms with Gasteiger partial charge < -0.3 is 9.90 Å². The molecule has 0 aromatic heterocycles. The van der Waals surface area contributed by atoms with Gasteiger partial charge in [-0.1, -0.05) is 0 Å². The van der Waals surface area contributed by atoms with Crippen LogP contribution < -0.4 is 56.5 Å². The average Bonchev–Trinajstić information content (AvgIpc) is 2.41. The van der Waals surface area contributed by atoms with Gasteiger partial charge in [-0.15, -0.1) is 0 Å². The molecule has 0 aliphatic carbocycles. The van der Waals surface area contributed by atoms with Crippen LogP contribution in [0.3, 0.4) is 0 Å². The van der Waals surface area contributed by atoms with Gasteiger partial charge in [-0.3, -0.25) is 9.47 Å². The minimum absolute atomic E-state index is 0. The van der Waals surface area contributed by atoms with E-state index < -0.39 is 54.3 Å². The maximum absolute atomic E-state index is 13.5. The summed E-state index contributed by atoms with van der Waals surface area (Å²) in [6.45, 7) is 0. The Morgan fingerprint density at radius 2 is 0.903 bits per heavy atom. The summed E-state index contributed by atoms with van der Waals surface area (Å²) in [6, 6.07) is 0. The molecule has 0 aromatic carbocycles. The Labute approximate surface area is 199 Å². The van der Waals surface area contributed by atoms with Gasteiger partial charge >= 0.3 is 99.8 Å². The summed E-state index contributed by atoms with van der Waals surface area (Å²) in [5, 5.41) is 9.97. The van der Waals surface area contributed by atoms with E-state index in [1.54, 1.807) is 0 Å². The Balaban J connectivity index is 0. The summed E-state index contributed by atoms with van der Waals surface area (Å²) in [4.78, 5) is 9.97. The zero-order chi connectivity index (χ0) is 25.0. The van der Waals surface area contributed by atoms with E-state index in [-0.39, 0.29) is 51.4 Å². The van der Waals surface area contributed by atoms with Crippen LogP contribution in [0, 0.1) is 0 Å². The number of rotatable bonds is 7. The zero-order valence-electron chi connectivity index (χ0n) is 13.6. The van der Waals surface area contributed by atoms with Gasteiger partial charge in [0.15, 0.2) is 0 Å². The molecule has 0 radical (unpaired) electrons. The zero-order valence-corrected chi connectivity index (χ0v) is 16.7. The molecular weight excluding hydrogens is 534 g/mol. The fraction of sp³-hybridized carbons (Fsp3) is 0.889. The molecule has 0 amide bonds. The molecule has 31 heavy (non-hydrogen) atoms. The van der Waals surface area contributed by atoms with Gasteiger partial charge in [-0.05, 0) is 0 Å². The maximum Gasteiger partial charge on any atom is 1.00 e. The number of carboxylic acids is 1. The smallest absolute Gasteiger partial charge is 0.544 e. The predicted molar refractivity (Wildman–Crippen MR) is 47.9 cm³/mol. The van der Waals surface area contributed by atoms with Crippen molar-refractivity contribution in [3.63, 3.8) is 0 Å². The monoisotopic (exact) mass is 534 g/mol. The number of halogens is 17. The second kappa shape index (κ2) is 8.89. The number of carbonyl (C=O) groups is 1. The Bertz CT molecular complexity index is 653. The van der Waals surface area contributed by atoms with Gasteiger partial charge in [0.25, 0.3) is 0 Å². The molecule has 0 fully saturated rings. The van der Waals surface area contributed by atoms with Crippen LogP contribution in [0.15, 0.2) is 0 Å². The molecule has 180 valence electrons. The molecule has 0 heterocycles. The summed E-state index contributed by atoms with van der Waals surface area (Å²) in [7, 11) is 0. The standard InChI is InChI=1S/C9HF17O4.K/c10-2(1(27)28,5(14,15)16)29-9(25,26)4(13,7(20,21)22)30-8(23,24)3(11,12)6(17,18)19;/h(H,27,28);/q;+1/p-1. The van der Waals surface area contributed by atoms with Crippen LogP contribution in [0.2, 0.25) is 0 Å². The summed E-state index contributed by atoms with van der Waals surface area (Å²) >= 11 is 0. The third-order valence-corrected chi connectivity index (χ3v) is 2.63. The van der Waals surface area contributed by atoms with Crippen molar-refractivity contribution < 1.29 is 145 Å². The summed E-state index contributed by atoms with van der Waals surface area (Å²) in [5.41, 5.74) is 0. The maximum atomic E-state index is 13.5. The van der Waals surface area contributed by atoms with E-state index in [9.17, 15) is 84.5 Å². The second-order valence-corrected chi connectivity index (χ2v) is 4.78. The Morgan fingerprint density at radius 3 is 1.13 bits per heavy atom. The van der Waals surface area contributed by atoms with Crippen LogP contribution in [0.5, 0.6) is 0 Å². The van der Waals surface area contributed by atoms with Crippen molar-refractivity contribution in [3.05, 3.63) is 0 Å². The Hall–Kier alpha value is -0.164. The van der Waals surface area contributed by atoms with Crippen LogP contribution in [0.25, 0.3) is 0 Å². The summed E-state index contributed by atoms with van der Waals surface area (Å²) in [6.07, 6.45) is -38.9. The number of carbonyl (C=O) groups excluding carboxylic acids is 1. The number of hydrogen-bond donors (Lipinski definition) is 0. The molecule has 0 aliphatic rings. The quantitative estimate of drug-likeness (QED) is 0.355. The van der Waals surface area contributed by atoms with Gasteiger partial charge in [-0.25, -0.2) is 0 Å². The number of carboxylic acid groups (broad SMARTS) is 1. The van der Waals surface area contributed by atoms with Crippen molar-refractivity contribution in [3.8, 4) is 0 Å². The molecule has 0 aliphatic heterocycles. The number of alkyl halides is 17. The fourth-order valence-electron chi connectivity index (χ4n) is 1.15. The number of ether oxygens (including phenoxy) is 2. The normalized spacial score (nSPS) is 18.6. The molecular formula is C9F17KO4. The van der Waals surface area contributed by atoms with Crippen LogP contribution in [0.4, 0.5) is 74.6 Å². The van der Waals surface area contributed by atoms with Gasteiger partial charge in [0, 0.05) is 0 Å². The molecule has 22 heteroatoms. The first-order valence-electron chi connectivity index (χ1n) is 5.94. The van der Waals surface area contributed by atoms with Crippen molar-refractivity contribution in [2.75, 3.05) is 0 Å². The first-order valence-corrected chi connectivity index (χ1v) is 5.94. The van der Waals surface area contributed by atoms with E-state index >= 15 is 0 Å². The third kappa shape index (κ3) is 5.86. The molecule has 0 spiro atoms. The van der Waals surface area contributed by atoms with Crippen LogP contribution in [-0.2, 0) is 14.3 Å². The van der Waals surface area contributed by atoms with Gasteiger partial charge in [-0.2, -0.15) is 74.6 Å². The van der Waals surface area contributed by atoms with Crippen LogP contribution in [-0.4, -0.2) is 54.3 Å². The molecule has 0 saturated heterocycles. The summed E-state index contributed by atoms with van der Waals surface area (Å²) in [5.74, 6) is -27.7. The van der Waals surface area contributed by atoms with Crippen molar-refractivity contribution in [1.82, 2.24) is 0 Å². The first kappa shape index (κ1) is 33.0. The Morgan fingerprint density at radius 1 is 0.548 bits per heavy atom. The molecule has 0 saturated carbocycles. The molecule has 0 bridgehead atoms. The van der Waals surface area contributed by atoms with E-state index in [0.717, 1.165) is 0 Å². The molecule has 0 N–H and O–H groups in total. The molecule has 2 atom stereocenters. The second-order valence-electron chi connectivity index (χ2n) is 4.78. The summed E-state index contributed by atoms with van der Waals surface area (Å²) < 4.78 is 215. The average molecular weight is 534 g/mol. The minimum atomic E-state index is -8.11. The fourth-order valence-corrected chi connectivity index (χ4v) is 1.15. The topological polar surface area (TPSA) is 58.6 Å². The number of aliphatic carboxylic acids is 1. The molecule has 0 aromatic rings. The predicted octanol–water partition coefficient (Wildman–Crippen LogP) is 0.613. The van der Waals surface area contributed by atoms with Crippen LogP contribution in [0.1, 0.15) is 0 Å². The molecule has 2 unspecified atom stereocenters. The minimum Gasteiger partial charge on any atom is -0.544 e. The van der Waals surface area contributed by atoms with E-state index in [0.29, 0.717) is 0 Å². The van der Waals surface area contributed by atoms with Crippen molar-refractivity contribution in [1.29, 1.82) is 0 Å². The van der Waals surface area contributed by atoms with E-state index in [1.165, 1.54) is 9.47 Å². The van der Waals surface area contributed by atoms with E-state index in [4.69, 9.17) is 0 Å².